The predicted octanol–water partition coefficient (Wildman–Crippen LogP) is 2.61. The van der Waals surface area contributed by atoms with Gasteiger partial charge in [-0.15, -0.1) is 0 Å². The molecule has 0 aliphatic heterocycles. The topological polar surface area (TPSA) is 47.6 Å². The SMILES string of the molecule is N#Cc1c(F)c(Br)c(F)c(C#N)c1F. The zero-order valence-electron chi connectivity index (χ0n) is 6.41. The van der Waals surface area contributed by atoms with Crippen molar-refractivity contribution in [2.75, 3.05) is 0 Å². The Morgan fingerprint density at radius 1 is 0.857 bits per heavy atom. The Hall–Kier alpha value is -1.53. The molecule has 0 aromatic heterocycles. The van der Waals surface area contributed by atoms with Crippen LogP contribution in [-0.2, 0) is 0 Å². The third-order valence-electron chi connectivity index (χ3n) is 1.49. The number of nitrogens with zero attached hydrogens (tertiary/aromatic N) is 2. The average molecular weight is 261 g/mol. The average Bonchev–Trinajstić information content (AvgIpc) is 2.16. The fraction of sp³-hybridized carbons (Fsp3) is 0. The van der Waals surface area contributed by atoms with Crippen LogP contribution in [0, 0.1) is 40.1 Å². The Bertz CT molecular complexity index is 444. The van der Waals surface area contributed by atoms with Crippen molar-refractivity contribution in [3.05, 3.63) is 33.1 Å². The predicted molar refractivity (Wildman–Crippen MR) is 43.4 cm³/mol. The second-order valence-corrected chi connectivity index (χ2v) is 3.02. The van der Waals surface area contributed by atoms with Gasteiger partial charge in [0, 0.05) is 0 Å². The van der Waals surface area contributed by atoms with Crippen LogP contribution in [0.4, 0.5) is 13.2 Å². The Labute approximate surface area is 85.3 Å². The van der Waals surface area contributed by atoms with Crippen LogP contribution in [0.5, 0.6) is 0 Å². The maximum Gasteiger partial charge on any atom is 0.164 e. The van der Waals surface area contributed by atoms with Crippen molar-refractivity contribution >= 4 is 15.9 Å². The number of rotatable bonds is 0. The highest BCUT2D eigenvalue weighted by atomic mass is 79.9. The molecule has 1 aromatic rings. The normalized spacial score (nSPS) is 9.29. The number of halogens is 4. The summed E-state index contributed by atoms with van der Waals surface area (Å²) in [5, 5.41) is 16.7. The maximum atomic E-state index is 13.0. The molecule has 0 bridgehead atoms. The molecule has 0 unspecified atom stereocenters. The third-order valence-corrected chi connectivity index (χ3v) is 2.18. The molecule has 0 saturated carbocycles. The molecule has 0 radical (unpaired) electrons. The van der Waals surface area contributed by atoms with E-state index in [4.69, 9.17) is 10.5 Å². The van der Waals surface area contributed by atoms with Gasteiger partial charge in [-0.3, -0.25) is 0 Å². The van der Waals surface area contributed by atoms with E-state index in [1.807, 2.05) is 0 Å². The van der Waals surface area contributed by atoms with E-state index in [0.29, 0.717) is 0 Å². The quantitative estimate of drug-likeness (QED) is 0.532. The van der Waals surface area contributed by atoms with Crippen molar-refractivity contribution in [2.45, 2.75) is 0 Å². The molecule has 0 aliphatic rings. The van der Waals surface area contributed by atoms with Gasteiger partial charge in [-0.25, -0.2) is 13.2 Å². The van der Waals surface area contributed by atoms with E-state index in [2.05, 4.69) is 15.9 Å². The minimum atomic E-state index is -1.48. The van der Waals surface area contributed by atoms with Crippen LogP contribution in [0.1, 0.15) is 11.1 Å². The van der Waals surface area contributed by atoms with Gasteiger partial charge in [0.1, 0.15) is 23.3 Å². The molecule has 0 aliphatic carbocycles. The lowest BCUT2D eigenvalue weighted by Crippen LogP contribution is -2.00. The van der Waals surface area contributed by atoms with Gasteiger partial charge in [-0.05, 0) is 15.9 Å². The van der Waals surface area contributed by atoms with E-state index in [1.165, 1.54) is 12.1 Å². The molecule has 0 amide bonds. The van der Waals surface area contributed by atoms with E-state index in [-0.39, 0.29) is 0 Å². The van der Waals surface area contributed by atoms with Gasteiger partial charge in [0.2, 0.25) is 0 Å². The van der Waals surface area contributed by atoms with Crippen molar-refractivity contribution in [3.8, 4) is 12.1 Å². The first-order chi connectivity index (χ1) is 6.54. The molecule has 1 rings (SSSR count). The highest BCUT2D eigenvalue weighted by Crippen LogP contribution is 2.28. The van der Waals surface area contributed by atoms with Crippen LogP contribution in [0.15, 0.2) is 4.47 Å². The number of nitriles is 2. The zero-order valence-corrected chi connectivity index (χ0v) is 7.99. The van der Waals surface area contributed by atoms with Gasteiger partial charge in [0.15, 0.2) is 17.5 Å². The smallest absolute Gasteiger partial charge is 0.164 e. The van der Waals surface area contributed by atoms with E-state index in [1.54, 1.807) is 0 Å². The number of hydrogen-bond donors (Lipinski definition) is 0. The first-order valence-electron chi connectivity index (χ1n) is 3.20. The molecular weight excluding hydrogens is 261 g/mol. The summed E-state index contributed by atoms with van der Waals surface area (Å²) in [6.45, 7) is 0. The minimum Gasteiger partial charge on any atom is -0.204 e. The molecule has 6 heteroatoms. The van der Waals surface area contributed by atoms with E-state index in [0.717, 1.165) is 0 Å². The Morgan fingerprint density at radius 3 is 1.50 bits per heavy atom. The van der Waals surface area contributed by atoms with E-state index >= 15 is 0 Å². The van der Waals surface area contributed by atoms with Crippen LogP contribution in [0.2, 0.25) is 0 Å². The monoisotopic (exact) mass is 260 g/mol. The molecular formula is C8BrF3N2. The van der Waals surface area contributed by atoms with Gasteiger partial charge in [-0.2, -0.15) is 10.5 Å². The first-order valence-corrected chi connectivity index (χ1v) is 4.00. The molecule has 2 nitrogen and oxygen atoms in total. The van der Waals surface area contributed by atoms with Crippen LogP contribution in [0.25, 0.3) is 0 Å². The summed E-state index contributed by atoms with van der Waals surface area (Å²) in [5.41, 5.74) is -1.95. The highest BCUT2D eigenvalue weighted by molar-refractivity contribution is 9.10. The van der Waals surface area contributed by atoms with Crippen LogP contribution in [-0.4, -0.2) is 0 Å². The van der Waals surface area contributed by atoms with Gasteiger partial charge >= 0.3 is 0 Å². The van der Waals surface area contributed by atoms with E-state index < -0.39 is 33.1 Å². The van der Waals surface area contributed by atoms with Crippen LogP contribution in [0.3, 0.4) is 0 Å². The molecule has 0 heterocycles. The molecule has 0 fully saturated rings. The summed E-state index contributed by atoms with van der Waals surface area (Å²) in [6.07, 6.45) is 0. The Balaban J connectivity index is 3.78. The highest BCUT2D eigenvalue weighted by Gasteiger charge is 2.23. The van der Waals surface area contributed by atoms with Crippen molar-refractivity contribution in [1.82, 2.24) is 0 Å². The Kier molecular flexibility index (Phi) is 2.78. The van der Waals surface area contributed by atoms with Crippen LogP contribution < -0.4 is 0 Å². The molecule has 14 heavy (non-hydrogen) atoms. The van der Waals surface area contributed by atoms with E-state index in [9.17, 15) is 13.2 Å². The molecule has 0 saturated heterocycles. The summed E-state index contributed by atoms with van der Waals surface area (Å²) in [5.74, 6) is -4.17. The third kappa shape index (κ3) is 1.34. The standard InChI is InChI=1S/C8BrF3N2/c9-5-7(11)3(1-13)6(10)4(2-14)8(5)12. The molecule has 0 spiro atoms. The van der Waals surface area contributed by atoms with Gasteiger partial charge < -0.3 is 0 Å². The van der Waals surface area contributed by atoms with Crippen molar-refractivity contribution in [2.24, 2.45) is 0 Å². The van der Waals surface area contributed by atoms with Crippen molar-refractivity contribution < 1.29 is 13.2 Å². The fourth-order valence-corrected chi connectivity index (χ4v) is 1.23. The van der Waals surface area contributed by atoms with Gasteiger partial charge in [0.25, 0.3) is 0 Å². The van der Waals surface area contributed by atoms with Crippen molar-refractivity contribution in [3.63, 3.8) is 0 Å². The second-order valence-electron chi connectivity index (χ2n) is 2.23. The summed E-state index contributed by atoms with van der Waals surface area (Å²) in [4.78, 5) is 0. The minimum absolute atomic E-state index is 0.716. The van der Waals surface area contributed by atoms with Gasteiger partial charge in [-0.1, -0.05) is 0 Å². The Morgan fingerprint density at radius 2 is 1.21 bits per heavy atom. The number of hydrogen-bond acceptors (Lipinski definition) is 2. The lowest BCUT2D eigenvalue weighted by Gasteiger charge is -2.02. The molecule has 70 valence electrons. The van der Waals surface area contributed by atoms with Gasteiger partial charge in [0.05, 0.1) is 4.47 Å². The second kappa shape index (κ2) is 3.69. The lowest BCUT2D eigenvalue weighted by atomic mass is 10.1. The largest absolute Gasteiger partial charge is 0.204 e. The summed E-state index contributed by atoms with van der Waals surface area (Å²) in [7, 11) is 0. The lowest BCUT2D eigenvalue weighted by molar-refractivity contribution is 0.526. The zero-order chi connectivity index (χ0) is 10.9. The molecule has 1 aromatic carbocycles. The van der Waals surface area contributed by atoms with Crippen LogP contribution >= 0.6 is 15.9 Å². The summed E-state index contributed by atoms with van der Waals surface area (Å²) < 4.78 is 38.3. The maximum absolute atomic E-state index is 13.0. The number of benzene rings is 1. The fourth-order valence-electron chi connectivity index (χ4n) is 0.830. The molecule has 0 N–H and O–H groups in total. The molecule has 0 atom stereocenters. The van der Waals surface area contributed by atoms with Crippen molar-refractivity contribution in [1.29, 1.82) is 10.5 Å². The summed E-state index contributed by atoms with van der Waals surface area (Å²) >= 11 is 2.48. The summed E-state index contributed by atoms with van der Waals surface area (Å²) in [6, 6.07) is 2.42. The first kappa shape index (κ1) is 10.6.